The molecule has 3 aromatic carbocycles. The van der Waals surface area contributed by atoms with Gasteiger partial charge >= 0.3 is 12.0 Å². The number of methoxy groups -OCH3 is 1. The Balaban J connectivity index is 1.66. The summed E-state index contributed by atoms with van der Waals surface area (Å²) in [6.45, 7) is -0.605. The van der Waals surface area contributed by atoms with Gasteiger partial charge in [-0.15, -0.1) is 0 Å². The van der Waals surface area contributed by atoms with E-state index in [1.54, 1.807) is 67.7 Å². The largest absolute Gasteiger partial charge is 0.479 e. The highest BCUT2D eigenvalue weighted by molar-refractivity contribution is 6.05. The Morgan fingerprint density at radius 1 is 0.865 bits per heavy atom. The van der Waals surface area contributed by atoms with Crippen LogP contribution in [0.4, 0.5) is 21.9 Å². The summed E-state index contributed by atoms with van der Waals surface area (Å²) in [5, 5.41) is 14.3. The van der Waals surface area contributed by atoms with Crippen LogP contribution in [0.5, 0.6) is 0 Å². The first kappa shape index (κ1) is 26.9. The van der Waals surface area contributed by atoms with E-state index in [9.17, 15) is 24.3 Å². The molecule has 10 heteroatoms. The maximum absolute atomic E-state index is 13.1. The number of urea groups is 1. The van der Waals surface area contributed by atoms with E-state index in [4.69, 9.17) is 4.74 Å². The molecule has 0 fully saturated rings. The second-order valence-corrected chi connectivity index (χ2v) is 7.99. The number of carboxylic acid groups (broad SMARTS) is 1. The van der Waals surface area contributed by atoms with E-state index in [1.165, 1.54) is 23.0 Å². The predicted octanol–water partition coefficient (Wildman–Crippen LogP) is 3.28. The fraction of sp³-hybridized carbons (Fsp3) is 0.185. The molecule has 4 amide bonds. The number of carboxylic acids is 1. The quantitative estimate of drug-likeness (QED) is 0.389. The number of hydrogen-bond acceptors (Lipinski definition) is 5. The first-order valence-corrected chi connectivity index (χ1v) is 11.4. The van der Waals surface area contributed by atoms with Crippen LogP contribution in [0, 0.1) is 0 Å². The van der Waals surface area contributed by atoms with Crippen LogP contribution in [0.3, 0.4) is 0 Å². The van der Waals surface area contributed by atoms with Gasteiger partial charge in [-0.1, -0.05) is 48.5 Å². The highest BCUT2D eigenvalue weighted by Gasteiger charge is 2.23. The zero-order chi connectivity index (χ0) is 26.8. The molecule has 1 unspecified atom stereocenters. The number of benzene rings is 3. The summed E-state index contributed by atoms with van der Waals surface area (Å²) < 4.78 is 4.97. The minimum atomic E-state index is -1.18. The minimum absolute atomic E-state index is 0.229. The van der Waals surface area contributed by atoms with Crippen molar-refractivity contribution in [1.29, 1.82) is 0 Å². The molecule has 0 radical (unpaired) electrons. The van der Waals surface area contributed by atoms with Crippen LogP contribution >= 0.6 is 0 Å². The van der Waals surface area contributed by atoms with Crippen molar-refractivity contribution in [3.63, 3.8) is 0 Å². The van der Waals surface area contributed by atoms with Crippen molar-refractivity contribution in [2.24, 2.45) is 0 Å². The predicted molar refractivity (Wildman–Crippen MR) is 139 cm³/mol. The Labute approximate surface area is 214 Å². The lowest BCUT2D eigenvalue weighted by molar-refractivity contribution is -0.148. The summed E-state index contributed by atoms with van der Waals surface area (Å²) in [5.74, 6) is -1.96. The first-order valence-electron chi connectivity index (χ1n) is 11.4. The van der Waals surface area contributed by atoms with Crippen LogP contribution in [0.15, 0.2) is 84.9 Å². The number of aliphatic carboxylic acids is 1. The third-order valence-corrected chi connectivity index (χ3v) is 5.49. The molecule has 0 bridgehead atoms. The molecule has 37 heavy (non-hydrogen) atoms. The van der Waals surface area contributed by atoms with Crippen molar-refractivity contribution < 1.29 is 29.0 Å². The van der Waals surface area contributed by atoms with Crippen molar-refractivity contribution >= 4 is 40.9 Å². The van der Waals surface area contributed by atoms with E-state index >= 15 is 0 Å². The fourth-order valence-corrected chi connectivity index (χ4v) is 3.55. The van der Waals surface area contributed by atoms with Gasteiger partial charge in [-0.2, -0.15) is 0 Å². The summed E-state index contributed by atoms with van der Waals surface area (Å²) in [7, 11) is 2.90. The summed E-state index contributed by atoms with van der Waals surface area (Å²) in [5.41, 5.74) is 1.87. The molecule has 0 saturated carbocycles. The van der Waals surface area contributed by atoms with Crippen LogP contribution in [0.2, 0.25) is 0 Å². The van der Waals surface area contributed by atoms with Crippen molar-refractivity contribution in [3.05, 3.63) is 90.5 Å². The highest BCUT2D eigenvalue weighted by Crippen LogP contribution is 2.21. The molecule has 0 aromatic heterocycles. The minimum Gasteiger partial charge on any atom is -0.479 e. The molecule has 10 nitrogen and oxygen atoms in total. The van der Waals surface area contributed by atoms with Gasteiger partial charge in [-0.05, 0) is 42.0 Å². The zero-order valence-corrected chi connectivity index (χ0v) is 20.5. The maximum Gasteiger partial charge on any atom is 0.337 e. The van der Waals surface area contributed by atoms with Crippen molar-refractivity contribution in [2.75, 3.05) is 42.4 Å². The molecule has 0 spiro atoms. The molecule has 0 aliphatic carbocycles. The third kappa shape index (κ3) is 7.39. The molecule has 3 N–H and O–H groups in total. The number of amides is 4. The van der Waals surface area contributed by atoms with Gasteiger partial charge in [-0.3, -0.25) is 9.59 Å². The number of nitrogens with zero attached hydrogens (tertiary/aromatic N) is 2. The van der Waals surface area contributed by atoms with Crippen LogP contribution < -0.4 is 20.4 Å². The maximum atomic E-state index is 13.1. The zero-order valence-electron chi connectivity index (χ0n) is 20.5. The van der Waals surface area contributed by atoms with Crippen LogP contribution in [-0.4, -0.2) is 56.2 Å². The Bertz CT molecular complexity index is 1240. The van der Waals surface area contributed by atoms with Gasteiger partial charge in [0.25, 0.3) is 0 Å². The van der Waals surface area contributed by atoms with Crippen LogP contribution in [-0.2, 0) is 19.1 Å². The Kier molecular flexibility index (Phi) is 9.34. The Morgan fingerprint density at radius 3 is 2.08 bits per heavy atom. The highest BCUT2D eigenvalue weighted by atomic mass is 16.5. The molecular weight excluding hydrogens is 476 g/mol. The number of anilines is 3. The van der Waals surface area contributed by atoms with E-state index in [2.05, 4.69) is 10.6 Å². The number of carbonyl (C=O) groups is 4. The number of hydrogen-bond donors (Lipinski definition) is 3. The normalized spacial score (nSPS) is 11.2. The van der Waals surface area contributed by atoms with Crippen molar-refractivity contribution in [2.45, 2.75) is 6.10 Å². The van der Waals surface area contributed by atoms with E-state index in [0.29, 0.717) is 22.6 Å². The molecular formula is C27H28N4O6. The van der Waals surface area contributed by atoms with Crippen LogP contribution in [0.1, 0.15) is 11.7 Å². The molecule has 0 aliphatic heterocycles. The van der Waals surface area contributed by atoms with Gasteiger partial charge in [-0.25, -0.2) is 9.59 Å². The average molecular weight is 505 g/mol. The second kappa shape index (κ2) is 12.8. The Morgan fingerprint density at radius 2 is 1.49 bits per heavy atom. The lowest BCUT2D eigenvalue weighted by Crippen LogP contribution is -2.46. The summed E-state index contributed by atoms with van der Waals surface area (Å²) in [4.78, 5) is 52.6. The average Bonchev–Trinajstić information content (AvgIpc) is 2.91. The number of ether oxygens (including phenoxy) is 1. The summed E-state index contributed by atoms with van der Waals surface area (Å²) in [6, 6.07) is 23.3. The van der Waals surface area contributed by atoms with E-state index < -0.39 is 24.0 Å². The molecule has 3 rings (SSSR count). The van der Waals surface area contributed by atoms with Gasteiger partial charge < -0.3 is 30.3 Å². The standard InChI is InChI=1S/C27H28N4O6/c1-30(21-12-5-3-6-13-21)24(33)18-31(22-14-7-4-8-15-22)23(32)17-28-27(36)29-20-11-9-10-19(16-20)25(37-2)26(34)35/h3-16,25H,17-18H2,1-2H3,(H,34,35)(H2,28,29,36). The molecule has 1 atom stereocenters. The second-order valence-electron chi connectivity index (χ2n) is 7.99. The third-order valence-electron chi connectivity index (χ3n) is 5.49. The summed E-state index contributed by atoms with van der Waals surface area (Å²) in [6.07, 6.45) is -1.18. The van der Waals surface area contributed by atoms with Crippen molar-refractivity contribution in [3.8, 4) is 0 Å². The smallest absolute Gasteiger partial charge is 0.337 e. The molecule has 192 valence electrons. The number of likely N-dealkylation sites (N-methyl/N-ethyl adjacent to an activating group) is 1. The van der Waals surface area contributed by atoms with E-state index in [0.717, 1.165) is 0 Å². The van der Waals surface area contributed by atoms with Gasteiger partial charge in [0.15, 0.2) is 6.10 Å². The van der Waals surface area contributed by atoms with Gasteiger partial charge in [0.2, 0.25) is 11.8 Å². The molecule has 0 aliphatic rings. The molecule has 0 heterocycles. The summed E-state index contributed by atoms with van der Waals surface area (Å²) >= 11 is 0. The van der Waals surface area contributed by atoms with E-state index in [1.807, 2.05) is 18.2 Å². The van der Waals surface area contributed by atoms with Gasteiger partial charge in [0, 0.05) is 31.2 Å². The molecule has 0 saturated heterocycles. The first-order chi connectivity index (χ1) is 17.8. The lowest BCUT2D eigenvalue weighted by atomic mass is 10.1. The van der Waals surface area contributed by atoms with E-state index in [-0.39, 0.29) is 19.0 Å². The Hall–Kier alpha value is -4.70. The SMILES string of the molecule is COC(C(=O)O)c1cccc(NC(=O)NCC(=O)N(CC(=O)N(C)c2ccccc2)c2ccccc2)c1. The molecule has 3 aromatic rings. The number of nitrogens with one attached hydrogen (secondary N) is 2. The number of carbonyl (C=O) groups excluding carboxylic acids is 3. The number of para-hydroxylation sites is 2. The fourth-order valence-electron chi connectivity index (χ4n) is 3.55. The topological polar surface area (TPSA) is 128 Å². The van der Waals surface area contributed by atoms with Gasteiger partial charge in [0.1, 0.15) is 6.54 Å². The lowest BCUT2D eigenvalue weighted by Gasteiger charge is -2.25. The van der Waals surface area contributed by atoms with Crippen LogP contribution in [0.25, 0.3) is 0 Å². The monoisotopic (exact) mass is 504 g/mol. The van der Waals surface area contributed by atoms with Gasteiger partial charge in [0.05, 0.1) is 6.54 Å². The number of rotatable bonds is 10. The van der Waals surface area contributed by atoms with Crippen molar-refractivity contribution in [1.82, 2.24) is 5.32 Å².